The van der Waals surface area contributed by atoms with Gasteiger partial charge in [0.25, 0.3) is 5.91 Å². The summed E-state index contributed by atoms with van der Waals surface area (Å²) in [4.78, 5) is 15.4. The van der Waals surface area contributed by atoms with Gasteiger partial charge in [0.1, 0.15) is 5.82 Å². The molecule has 0 aliphatic rings. The van der Waals surface area contributed by atoms with Crippen molar-refractivity contribution in [3.8, 4) is 0 Å². The third-order valence-electron chi connectivity index (χ3n) is 3.88. The Morgan fingerprint density at radius 3 is 2.62 bits per heavy atom. The summed E-state index contributed by atoms with van der Waals surface area (Å²) < 4.78 is 40.1. The van der Waals surface area contributed by atoms with E-state index in [4.69, 9.17) is 0 Å². The number of rotatable bonds is 6. The Kier molecular flexibility index (Phi) is 4.94. The van der Waals surface area contributed by atoms with Crippen molar-refractivity contribution in [2.45, 2.75) is 6.92 Å². The summed E-state index contributed by atoms with van der Waals surface area (Å²) in [6, 6.07) is 12.6. The van der Waals surface area contributed by atoms with Crippen molar-refractivity contribution in [3.05, 3.63) is 65.6 Å². The molecule has 0 spiro atoms. The number of aromatic amines is 1. The lowest BCUT2D eigenvalue weighted by Gasteiger charge is -2.09. The van der Waals surface area contributed by atoms with E-state index < -0.39 is 21.7 Å². The molecule has 0 aliphatic heterocycles. The summed E-state index contributed by atoms with van der Waals surface area (Å²) in [5.74, 6) is -1.17. The number of fused-ring (bicyclic) bond motifs is 1. The lowest BCUT2D eigenvalue weighted by Crippen LogP contribution is -2.31. The molecule has 136 valence electrons. The first-order valence-electron chi connectivity index (χ1n) is 7.97. The highest BCUT2D eigenvalue weighted by Crippen LogP contribution is 2.23. The van der Waals surface area contributed by atoms with Gasteiger partial charge in [0.05, 0.1) is 11.3 Å². The summed E-state index contributed by atoms with van der Waals surface area (Å²) in [5.41, 5.74) is 2.01. The SMILES string of the molecule is Cc1[nH]c2ccc(F)cc2c1C(=O)NCCS(=O)(=O)Nc1ccccc1. The summed E-state index contributed by atoms with van der Waals surface area (Å²) in [7, 11) is -3.59. The van der Waals surface area contributed by atoms with Crippen molar-refractivity contribution in [3.63, 3.8) is 0 Å². The van der Waals surface area contributed by atoms with E-state index in [1.807, 2.05) is 0 Å². The molecule has 26 heavy (non-hydrogen) atoms. The smallest absolute Gasteiger partial charge is 0.253 e. The number of para-hydroxylation sites is 1. The minimum atomic E-state index is -3.59. The topological polar surface area (TPSA) is 91.1 Å². The molecule has 1 heterocycles. The van der Waals surface area contributed by atoms with Crippen LogP contribution in [0.2, 0.25) is 0 Å². The highest BCUT2D eigenvalue weighted by molar-refractivity contribution is 7.92. The second-order valence-corrected chi connectivity index (χ2v) is 7.70. The number of carbonyl (C=O) groups excluding carboxylic acids is 1. The van der Waals surface area contributed by atoms with Crippen molar-refractivity contribution in [1.82, 2.24) is 10.3 Å². The number of H-pyrrole nitrogens is 1. The Labute approximate surface area is 150 Å². The summed E-state index contributed by atoms with van der Waals surface area (Å²) >= 11 is 0. The number of benzene rings is 2. The molecule has 0 radical (unpaired) electrons. The molecule has 3 rings (SSSR count). The summed E-state index contributed by atoms with van der Waals surface area (Å²) in [6.07, 6.45) is 0. The van der Waals surface area contributed by atoms with Crippen LogP contribution in [-0.2, 0) is 10.0 Å². The van der Waals surface area contributed by atoms with Gasteiger partial charge in [-0.15, -0.1) is 0 Å². The molecule has 0 saturated heterocycles. The van der Waals surface area contributed by atoms with E-state index in [1.165, 1.54) is 12.1 Å². The first-order chi connectivity index (χ1) is 12.4. The van der Waals surface area contributed by atoms with Gasteiger partial charge < -0.3 is 10.3 Å². The second-order valence-electron chi connectivity index (χ2n) is 5.86. The molecule has 2 aromatic carbocycles. The van der Waals surface area contributed by atoms with Crippen LogP contribution in [0.1, 0.15) is 16.1 Å². The van der Waals surface area contributed by atoms with Crippen molar-refractivity contribution >= 4 is 32.5 Å². The molecule has 8 heteroatoms. The van der Waals surface area contributed by atoms with E-state index in [0.717, 1.165) is 0 Å². The molecule has 0 atom stereocenters. The van der Waals surface area contributed by atoms with Gasteiger partial charge in [-0.05, 0) is 37.3 Å². The number of amides is 1. The van der Waals surface area contributed by atoms with Gasteiger partial charge >= 0.3 is 0 Å². The summed E-state index contributed by atoms with van der Waals surface area (Å²) in [6.45, 7) is 1.64. The highest BCUT2D eigenvalue weighted by Gasteiger charge is 2.17. The van der Waals surface area contributed by atoms with Gasteiger partial charge in [-0.25, -0.2) is 12.8 Å². The maximum Gasteiger partial charge on any atom is 0.253 e. The van der Waals surface area contributed by atoms with Crippen LogP contribution < -0.4 is 10.0 Å². The number of carbonyl (C=O) groups is 1. The highest BCUT2D eigenvalue weighted by atomic mass is 32.2. The molecule has 0 fully saturated rings. The van der Waals surface area contributed by atoms with Crippen molar-refractivity contribution < 1.29 is 17.6 Å². The standard InChI is InChI=1S/C18H18FN3O3S/c1-12-17(15-11-13(19)7-8-16(15)21-12)18(23)20-9-10-26(24,25)22-14-5-3-2-4-6-14/h2-8,11,21-22H,9-10H2,1H3,(H,20,23). The van der Waals surface area contributed by atoms with E-state index in [1.54, 1.807) is 43.3 Å². The third kappa shape index (κ3) is 4.02. The minimum Gasteiger partial charge on any atom is -0.358 e. The third-order valence-corrected chi connectivity index (χ3v) is 5.17. The molecule has 0 saturated carbocycles. The van der Waals surface area contributed by atoms with E-state index in [0.29, 0.717) is 27.8 Å². The fourth-order valence-corrected chi connectivity index (χ4v) is 3.68. The number of hydrogen-bond donors (Lipinski definition) is 3. The largest absolute Gasteiger partial charge is 0.358 e. The Bertz CT molecular complexity index is 1050. The van der Waals surface area contributed by atoms with Crippen LogP contribution in [0.25, 0.3) is 10.9 Å². The van der Waals surface area contributed by atoms with Crippen molar-refractivity contribution in [1.29, 1.82) is 0 Å². The average Bonchev–Trinajstić information content (AvgIpc) is 2.90. The first kappa shape index (κ1) is 17.9. The number of hydrogen-bond acceptors (Lipinski definition) is 3. The fourth-order valence-electron chi connectivity index (χ4n) is 2.72. The predicted octanol–water partition coefficient (Wildman–Crippen LogP) is 2.79. The normalized spacial score (nSPS) is 11.5. The minimum absolute atomic E-state index is 0.0670. The van der Waals surface area contributed by atoms with E-state index in [2.05, 4.69) is 15.0 Å². The van der Waals surface area contributed by atoms with Gasteiger partial charge in [0.2, 0.25) is 10.0 Å². The molecule has 0 unspecified atom stereocenters. The Morgan fingerprint density at radius 1 is 1.15 bits per heavy atom. The Hall–Kier alpha value is -2.87. The zero-order chi connectivity index (χ0) is 18.7. The number of nitrogens with one attached hydrogen (secondary N) is 3. The molecule has 1 amide bonds. The molecule has 1 aromatic heterocycles. The number of anilines is 1. The fraction of sp³-hybridized carbons (Fsp3) is 0.167. The van der Waals surface area contributed by atoms with E-state index in [-0.39, 0.29) is 12.3 Å². The molecular weight excluding hydrogens is 357 g/mol. The van der Waals surface area contributed by atoms with Gasteiger partial charge in [-0.2, -0.15) is 0 Å². The zero-order valence-corrected chi connectivity index (χ0v) is 14.9. The number of aromatic nitrogens is 1. The quantitative estimate of drug-likeness (QED) is 0.619. The summed E-state index contributed by atoms with van der Waals surface area (Å²) in [5, 5.41) is 3.04. The molecule has 0 bridgehead atoms. The van der Waals surface area contributed by atoms with Crippen LogP contribution in [0.4, 0.5) is 10.1 Å². The zero-order valence-electron chi connectivity index (χ0n) is 14.0. The van der Waals surface area contributed by atoms with Crippen LogP contribution in [0, 0.1) is 12.7 Å². The molecule has 3 N–H and O–H groups in total. The maximum absolute atomic E-state index is 13.5. The number of aryl methyl sites for hydroxylation is 1. The molecule has 3 aromatic rings. The average molecular weight is 375 g/mol. The predicted molar refractivity (Wildman–Crippen MR) is 99.2 cm³/mol. The Morgan fingerprint density at radius 2 is 1.88 bits per heavy atom. The van der Waals surface area contributed by atoms with Gasteiger partial charge in [0, 0.05) is 28.8 Å². The lowest BCUT2D eigenvalue weighted by molar-refractivity contribution is 0.0957. The van der Waals surface area contributed by atoms with Gasteiger partial charge in [0.15, 0.2) is 0 Å². The van der Waals surface area contributed by atoms with E-state index >= 15 is 0 Å². The van der Waals surface area contributed by atoms with Crippen LogP contribution in [0.3, 0.4) is 0 Å². The molecule has 0 aliphatic carbocycles. The maximum atomic E-state index is 13.5. The second kappa shape index (κ2) is 7.17. The first-order valence-corrected chi connectivity index (χ1v) is 9.62. The van der Waals surface area contributed by atoms with E-state index in [9.17, 15) is 17.6 Å². The van der Waals surface area contributed by atoms with Crippen LogP contribution in [-0.4, -0.2) is 31.6 Å². The monoisotopic (exact) mass is 375 g/mol. The van der Waals surface area contributed by atoms with Gasteiger partial charge in [-0.3, -0.25) is 9.52 Å². The van der Waals surface area contributed by atoms with Crippen molar-refractivity contribution in [2.75, 3.05) is 17.0 Å². The molecule has 6 nitrogen and oxygen atoms in total. The number of halogens is 1. The van der Waals surface area contributed by atoms with Gasteiger partial charge in [-0.1, -0.05) is 18.2 Å². The molecular formula is C18H18FN3O3S. The van der Waals surface area contributed by atoms with Crippen LogP contribution in [0.5, 0.6) is 0 Å². The Balaban J connectivity index is 1.66. The lowest BCUT2D eigenvalue weighted by atomic mass is 10.1. The van der Waals surface area contributed by atoms with Crippen molar-refractivity contribution in [2.24, 2.45) is 0 Å². The van der Waals surface area contributed by atoms with Crippen LogP contribution >= 0.6 is 0 Å². The number of sulfonamides is 1. The van der Waals surface area contributed by atoms with Crippen LogP contribution in [0.15, 0.2) is 48.5 Å².